The van der Waals surface area contributed by atoms with Crippen molar-refractivity contribution in [3.8, 4) is 0 Å². The van der Waals surface area contributed by atoms with Crippen LogP contribution in [0, 0.1) is 11.6 Å². The number of ether oxygens (including phenoxy) is 1. The Morgan fingerprint density at radius 1 is 1.23 bits per heavy atom. The number of thioether (sulfide) groups is 1. The highest BCUT2D eigenvalue weighted by Gasteiger charge is 2.39. The second-order valence-corrected chi connectivity index (χ2v) is 7.92. The molecule has 1 fully saturated rings. The van der Waals surface area contributed by atoms with Gasteiger partial charge in [-0.25, -0.2) is 13.8 Å². The molecule has 0 saturated carbocycles. The maximum atomic E-state index is 13.8. The lowest BCUT2D eigenvalue weighted by molar-refractivity contribution is -0.128. The molecule has 1 atom stereocenters. The number of nitrogens with one attached hydrogen (secondary N) is 1. The van der Waals surface area contributed by atoms with Gasteiger partial charge in [0.05, 0.1) is 11.4 Å². The summed E-state index contributed by atoms with van der Waals surface area (Å²) in [5.74, 6) is -2.37. The molecule has 1 N–H and O–H groups in total. The van der Waals surface area contributed by atoms with E-state index in [4.69, 9.17) is 4.74 Å². The number of halogens is 2. The molecule has 0 radical (unpaired) electrons. The third-order valence-electron chi connectivity index (χ3n) is 4.45. The van der Waals surface area contributed by atoms with Crippen LogP contribution in [0.2, 0.25) is 0 Å². The first-order valence-electron chi connectivity index (χ1n) is 9.92. The zero-order chi connectivity index (χ0) is 22.2. The number of para-hydroxylation sites is 1. The number of hydrogen-bond acceptors (Lipinski definition) is 5. The molecule has 2 aromatic rings. The molecule has 0 aromatic heterocycles. The molecule has 1 aliphatic rings. The average molecular weight is 448 g/mol. The second kappa shape index (κ2) is 11.0. The fraction of sp³-hybridized carbons (Fsp3) is 0.318. The first-order valence-corrected chi connectivity index (χ1v) is 10.8. The normalized spacial score (nSPS) is 17.4. The van der Waals surface area contributed by atoms with Crippen molar-refractivity contribution < 1.29 is 23.1 Å². The maximum Gasteiger partial charge on any atom is 0.242 e. The van der Waals surface area contributed by atoms with Crippen LogP contribution < -0.4 is 5.32 Å². The number of nitrogens with zero attached hydrogens (tertiary/aromatic N) is 2. The Kier molecular flexibility index (Phi) is 8.13. The van der Waals surface area contributed by atoms with Crippen LogP contribution in [0.5, 0.6) is 0 Å². The van der Waals surface area contributed by atoms with Crippen LogP contribution in [-0.2, 0) is 14.3 Å². The molecule has 2 amide bonds. The quantitative estimate of drug-likeness (QED) is 0.580. The topological polar surface area (TPSA) is 71.0 Å². The Morgan fingerprint density at radius 2 is 2.00 bits per heavy atom. The molecule has 1 saturated heterocycles. The van der Waals surface area contributed by atoms with Crippen molar-refractivity contribution in [1.82, 2.24) is 4.90 Å². The van der Waals surface area contributed by atoms with Gasteiger partial charge in [-0.2, -0.15) is 0 Å². The SMILES string of the molecule is CCOCCCN1C(=O)C(CC(=O)Nc2ccc(F)cc2F)SC1=Nc1ccccc1. The van der Waals surface area contributed by atoms with E-state index in [1.807, 2.05) is 37.3 Å². The number of anilines is 1. The van der Waals surface area contributed by atoms with Gasteiger partial charge < -0.3 is 10.1 Å². The van der Waals surface area contributed by atoms with Crippen LogP contribution in [0.4, 0.5) is 20.2 Å². The lowest BCUT2D eigenvalue weighted by atomic mass is 10.2. The Morgan fingerprint density at radius 3 is 2.71 bits per heavy atom. The Hall–Kier alpha value is -2.78. The van der Waals surface area contributed by atoms with Crippen LogP contribution in [0.25, 0.3) is 0 Å². The molecular weight excluding hydrogens is 424 g/mol. The van der Waals surface area contributed by atoms with Crippen LogP contribution in [0.1, 0.15) is 19.8 Å². The monoisotopic (exact) mass is 447 g/mol. The van der Waals surface area contributed by atoms with E-state index < -0.39 is 22.8 Å². The van der Waals surface area contributed by atoms with Gasteiger partial charge in [0.15, 0.2) is 5.17 Å². The minimum absolute atomic E-state index is 0.131. The maximum absolute atomic E-state index is 13.8. The summed E-state index contributed by atoms with van der Waals surface area (Å²) in [6, 6.07) is 12.1. The van der Waals surface area contributed by atoms with E-state index in [1.54, 1.807) is 4.90 Å². The van der Waals surface area contributed by atoms with Crippen LogP contribution >= 0.6 is 11.8 Å². The summed E-state index contributed by atoms with van der Waals surface area (Å²) in [6.45, 7) is 3.43. The van der Waals surface area contributed by atoms with Crippen LogP contribution in [0.3, 0.4) is 0 Å². The predicted molar refractivity (Wildman–Crippen MR) is 117 cm³/mol. The van der Waals surface area contributed by atoms with E-state index in [2.05, 4.69) is 10.3 Å². The summed E-state index contributed by atoms with van der Waals surface area (Å²) < 4.78 is 32.2. The largest absolute Gasteiger partial charge is 0.382 e. The van der Waals surface area contributed by atoms with Gasteiger partial charge in [-0.3, -0.25) is 14.5 Å². The smallest absolute Gasteiger partial charge is 0.242 e. The summed E-state index contributed by atoms with van der Waals surface area (Å²) in [5.41, 5.74) is 0.569. The molecule has 1 unspecified atom stereocenters. The highest BCUT2D eigenvalue weighted by Crippen LogP contribution is 2.32. The molecule has 9 heteroatoms. The third kappa shape index (κ3) is 6.35. The number of rotatable bonds is 9. The fourth-order valence-electron chi connectivity index (χ4n) is 2.97. The molecule has 31 heavy (non-hydrogen) atoms. The number of benzene rings is 2. The van der Waals surface area contributed by atoms with Gasteiger partial charge in [-0.15, -0.1) is 0 Å². The number of carbonyl (C=O) groups is 2. The molecule has 0 bridgehead atoms. The van der Waals surface area contributed by atoms with Crippen LogP contribution in [-0.4, -0.2) is 46.9 Å². The van der Waals surface area contributed by atoms with Gasteiger partial charge in [0.2, 0.25) is 11.8 Å². The van der Waals surface area contributed by atoms with Crippen molar-refractivity contribution in [2.75, 3.05) is 25.1 Å². The van der Waals surface area contributed by atoms with Gasteiger partial charge in [0, 0.05) is 32.2 Å². The number of amides is 2. The number of hydrogen-bond donors (Lipinski definition) is 1. The first-order chi connectivity index (χ1) is 15.0. The van der Waals surface area contributed by atoms with E-state index in [-0.39, 0.29) is 18.0 Å². The number of aliphatic imine (C=N–C) groups is 1. The second-order valence-electron chi connectivity index (χ2n) is 6.75. The summed E-state index contributed by atoms with van der Waals surface area (Å²) >= 11 is 1.20. The Balaban J connectivity index is 1.70. The molecule has 6 nitrogen and oxygen atoms in total. The summed E-state index contributed by atoms with van der Waals surface area (Å²) in [4.78, 5) is 31.5. The molecule has 164 valence electrons. The molecule has 1 heterocycles. The van der Waals surface area contributed by atoms with E-state index in [0.717, 1.165) is 12.1 Å². The molecule has 1 aliphatic heterocycles. The minimum Gasteiger partial charge on any atom is -0.382 e. The summed E-state index contributed by atoms with van der Waals surface area (Å²) in [5, 5.41) is 2.23. The van der Waals surface area contributed by atoms with Gasteiger partial charge in [-0.1, -0.05) is 30.0 Å². The van der Waals surface area contributed by atoms with Crippen molar-refractivity contribution in [3.63, 3.8) is 0 Å². The highest BCUT2D eigenvalue weighted by atomic mass is 32.2. The average Bonchev–Trinajstić information content (AvgIpc) is 3.02. The van der Waals surface area contributed by atoms with E-state index in [1.165, 1.54) is 11.8 Å². The first kappa shape index (κ1) is 22.9. The molecule has 3 rings (SSSR count). The summed E-state index contributed by atoms with van der Waals surface area (Å²) in [6.07, 6.45) is 0.476. The molecular formula is C22H23F2N3O3S. The minimum atomic E-state index is -0.873. The van der Waals surface area contributed by atoms with Gasteiger partial charge >= 0.3 is 0 Å². The molecule has 2 aromatic carbocycles. The fourth-order valence-corrected chi connectivity index (χ4v) is 4.16. The van der Waals surface area contributed by atoms with Crippen molar-refractivity contribution in [3.05, 3.63) is 60.2 Å². The predicted octanol–water partition coefficient (Wildman–Crippen LogP) is 4.35. The number of carbonyl (C=O) groups excluding carboxylic acids is 2. The van der Waals surface area contributed by atoms with Crippen LogP contribution in [0.15, 0.2) is 53.5 Å². The number of amidine groups is 1. The van der Waals surface area contributed by atoms with Crippen molar-refractivity contribution in [2.45, 2.75) is 25.0 Å². The van der Waals surface area contributed by atoms with Crippen molar-refractivity contribution in [1.29, 1.82) is 0 Å². The zero-order valence-electron chi connectivity index (χ0n) is 17.0. The highest BCUT2D eigenvalue weighted by molar-refractivity contribution is 8.15. The lowest BCUT2D eigenvalue weighted by Gasteiger charge is -2.16. The van der Waals surface area contributed by atoms with Gasteiger partial charge in [0.25, 0.3) is 0 Å². The van der Waals surface area contributed by atoms with Gasteiger partial charge in [0.1, 0.15) is 16.9 Å². The standard InChI is InChI=1S/C22H23F2N3O3S/c1-2-30-12-6-11-27-21(29)19(31-22(27)25-16-7-4-3-5-8-16)14-20(28)26-18-10-9-15(23)13-17(18)24/h3-5,7-10,13,19H,2,6,11-12,14H2,1H3,(H,26,28). The summed E-state index contributed by atoms with van der Waals surface area (Å²) in [7, 11) is 0. The van der Waals surface area contributed by atoms with E-state index in [9.17, 15) is 18.4 Å². The zero-order valence-corrected chi connectivity index (χ0v) is 17.8. The van der Waals surface area contributed by atoms with Crippen molar-refractivity contribution >= 4 is 40.1 Å². The Bertz CT molecular complexity index is 956. The van der Waals surface area contributed by atoms with Gasteiger partial charge in [-0.05, 0) is 37.6 Å². The van der Waals surface area contributed by atoms with E-state index >= 15 is 0 Å². The molecule has 0 spiro atoms. The Labute approximate surface area is 183 Å². The lowest BCUT2D eigenvalue weighted by Crippen LogP contribution is -2.34. The van der Waals surface area contributed by atoms with Crippen molar-refractivity contribution in [2.24, 2.45) is 4.99 Å². The van der Waals surface area contributed by atoms with E-state index in [0.29, 0.717) is 43.1 Å². The molecule has 0 aliphatic carbocycles. The third-order valence-corrected chi connectivity index (χ3v) is 5.63.